The Morgan fingerprint density at radius 3 is 2.41 bits per heavy atom. The summed E-state index contributed by atoms with van der Waals surface area (Å²) in [6.07, 6.45) is 5.84. The first-order chi connectivity index (χ1) is 19.1. The molecular formula is C30H28ClN7O. The number of amides is 2. The SMILES string of the molecule is O=C(Nc1ccc(-c2cnc3cc(-c4ccc(CN5CCNCC5)nc4)ccn23)cc1)Nc1cccc(Cl)c1. The van der Waals surface area contributed by atoms with Gasteiger partial charge >= 0.3 is 6.03 Å². The van der Waals surface area contributed by atoms with Crippen LogP contribution in [0.25, 0.3) is 28.0 Å². The molecule has 0 saturated carbocycles. The predicted molar refractivity (Wildman–Crippen MR) is 156 cm³/mol. The van der Waals surface area contributed by atoms with Crippen LogP contribution < -0.4 is 16.0 Å². The zero-order valence-corrected chi connectivity index (χ0v) is 22.0. The Hall–Kier alpha value is -4.24. The Morgan fingerprint density at radius 1 is 0.846 bits per heavy atom. The van der Waals surface area contributed by atoms with Gasteiger partial charge in [0, 0.05) is 72.6 Å². The van der Waals surface area contributed by atoms with E-state index < -0.39 is 0 Å². The maximum absolute atomic E-state index is 12.4. The molecule has 39 heavy (non-hydrogen) atoms. The zero-order valence-electron chi connectivity index (χ0n) is 21.3. The van der Waals surface area contributed by atoms with Gasteiger partial charge in [0.1, 0.15) is 5.65 Å². The van der Waals surface area contributed by atoms with E-state index in [1.807, 2.05) is 42.9 Å². The van der Waals surface area contributed by atoms with Crippen LogP contribution in [-0.2, 0) is 6.54 Å². The van der Waals surface area contributed by atoms with Crippen LogP contribution in [0.2, 0.25) is 5.02 Å². The van der Waals surface area contributed by atoms with Gasteiger partial charge in [-0.25, -0.2) is 9.78 Å². The number of halogens is 1. The molecule has 1 aliphatic heterocycles. The van der Waals surface area contributed by atoms with Gasteiger partial charge in [0.25, 0.3) is 0 Å². The van der Waals surface area contributed by atoms with Gasteiger partial charge in [-0.2, -0.15) is 0 Å². The molecule has 0 spiro atoms. The number of carbonyl (C=O) groups excluding carboxylic acids is 1. The number of hydrogen-bond donors (Lipinski definition) is 3. The Labute approximate surface area is 231 Å². The van der Waals surface area contributed by atoms with Crippen LogP contribution in [0.3, 0.4) is 0 Å². The predicted octanol–water partition coefficient (Wildman–Crippen LogP) is 5.77. The van der Waals surface area contributed by atoms with E-state index in [0.29, 0.717) is 16.4 Å². The number of pyridine rings is 2. The maximum atomic E-state index is 12.4. The summed E-state index contributed by atoms with van der Waals surface area (Å²) in [7, 11) is 0. The lowest BCUT2D eigenvalue weighted by molar-refractivity contribution is 0.231. The van der Waals surface area contributed by atoms with E-state index in [9.17, 15) is 4.79 Å². The number of piperazine rings is 1. The molecule has 0 aliphatic carbocycles. The van der Waals surface area contributed by atoms with Gasteiger partial charge < -0.3 is 16.0 Å². The summed E-state index contributed by atoms with van der Waals surface area (Å²) >= 11 is 5.99. The van der Waals surface area contributed by atoms with E-state index in [1.54, 1.807) is 24.3 Å². The molecule has 196 valence electrons. The van der Waals surface area contributed by atoms with E-state index in [4.69, 9.17) is 16.6 Å². The number of fused-ring (bicyclic) bond motifs is 1. The number of nitrogens with zero attached hydrogens (tertiary/aromatic N) is 4. The Morgan fingerprint density at radius 2 is 1.64 bits per heavy atom. The molecule has 9 heteroatoms. The third-order valence-corrected chi connectivity index (χ3v) is 7.02. The lowest BCUT2D eigenvalue weighted by atomic mass is 10.1. The van der Waals surface area contributed by atoms with Gasteiger partial charge in [-0.1, -0.05) is 35.9 Å². The summed E-state index contributed by atoms with van der Waals surface area (Å²) < 4.78 is 2.06. The summed E-state index contributed by atoms with van der Waals surface area (Å²) in [5.74, 6) is 0. The molecule has 4 heterocycles. The van der Waals surface area contributed by atoms with E-state index in [0.717, 1.165) is 66.4 Å². The average Bonchev–Trinajstić information content (AvgIpc) is 3.38. The quantitative estimate of drug-likeness (QED) is 0.256. The first kappa shape index (κ1) is 25.1. The van der Waals surface area contributed by atoms with Crippen LogP contribution in [0.1, 0.15) is 5.69 Å². The molecule has 1 fully saturated rings. The van der Waals surface area contributed by atoms with E-state index in [2.05, 4.69) is 54.5 Å². The van der Waals surface area contributed by atoms with Gasteiger partial charge in [-0.05, 0) is 54.1 Å². The van der Waals surface area contributed by atoms with Crippen molar-refractivity contribution < 1.29 is 4.79 Å². The van der Waals surface area contributed by atoms with Crippen molar-refractivity contribution in [3.63, 3.8) is 0 Å². The minimum atomic E-state index is -0.335. The summed E-state index contributed by atoms with van der Waals surface area (Å²) in [6.45, 7) is 5.06. The molecule has 8 nitrogen and oxygen atoms in total. The van der Waals surface area contributed by atoms with Gasteiger partial charge in [0.05, 0.1) is 17.6 Å². The van der Waals surface area contributed by atoms with Crippen molar-refractivity contribution in [3.05, 3.63) is 102 Å². The fourth-order valence-corrected chi connectivity index (χ4v) is 4.94. The molecule has 0 unspecified atom stereocenters. The van der Waals surface area contributed by atoms with Crippen molar-refractivity contribution in [2.24, 2.45) is 0 Å². The molecule has 6 rings (SSSR count). The van der Waals surface area contributed by atoms with Crippen LogP contribution >= 0.6 is 11.6 Å². The van der Waals surface area contributed by atoms with Crippen molar-refractivity contribution in [2.45, 2.75) is 6.54 Å². The first-order valence-corrected chi connectivity index (χ1v) is 13.3. The Kier molecular flexibility index (Phi) is 7.23. The third kappa shape index (κ3) is 5.93. The number of urea groups is 1. The number of hydrogen-bond acceptors (Lipinski definition) is 5. The summed E-state index contributed by atoms with van der Waals surface area (Å²) in [6, 6.07) is 22.8. The van der Waals surface area contributed by atoms with Gasteiger partial charge in [-0.3, -0.25) is 14.3 Å². The number of imidazole rings is 1. The highest BCUT2D eigenvalue weighted by Crippen LogP contribution is 2.26. The van der Waals surface area contributed by atoms with Crippen LogP contribution in [0.5, 0.6) is 0 Å². The molecule has 3 N–H and O–H groups in total. The molecule has 2 amide bonds. The highest BCUT2D eigenvalue weighted by molar-refractivity contribution is 6.30. The Balaban J connectivity index is 1.13. The van der Waals surface area contributed by atoms with Crippen molar-refractivity contribution >= 4 is 34.7 Å². The zero-order chi connectivity index (χ0) is 26.6. The highest BCUT2D eigenvalue weighted by atomic mass is 35.5. The van der Waals surface area contributed by atoms with Crippen molar-refractivity contribution in [2.75, 3.05) is 36.8 Å². The number of nitrogens with one attached hydrogen (secondary N) is 3. The van der Waals surface area contributed by atoms with Gasteiger partial charge in [-0.15, -0.1) is 0 Å². The fraction of sp³-hybridized carbons (Fsp3) is 0.167. The fourth-order valence-electron chi connectivity index (χ4n) is 4.74. The Bertz CT molecular complexity index is 1590. The summed E-state index contributed by atoms with van der Waals surface area (Å²) in [5, 5.41) is 9.57. The third-order valence-electron chi connectivity index (χ3n) is 6.79. The van der Waals surface area contributed by atoms with Gasteiger partial charge in [0.15, 0.2) is 0 Å². The first-order valence-electron chi connectivity index (χ1n) is 12.9. The van der Waals surface area contributed by atoms with E-state index in [-0.39, 0.29) is 6.03 Å². The van der Waals surface area contributed by atoms with Crippen molar-refractivity contribution in [3.8, 4) is 22.4 Å². The lowest BCUT2D eigenvalue weighted by Gasteiger charge is -2.26. The molecule has 0 atom stereocenters. The molecule has 3 aromatic heterocycles. The van der Waals surface area contributed by atoms with Crippen LogP contribution in [0.4, 0.5) is 16.2 Å². The molecular weight excluding hydrogens is 510 g/mol. The van der Waals surface area contributed by atoms with Crippen molar-refractivity contribution in [1.29, 1.82) is 0 Å². The highest BCUT2D eigenvalue weighted by Gasteiger charge is 2.12. The minimum absolute atomic E-state index is 0.335. The standard InChI is InChI=1S/C30H28ClN7O/c31-24-2-1-3-26(17-24)36-30(39)35-25-7-4-21(5-8-25)28-19-34-29-16-22(10-13-38(28)29)23-6-9-27(33-18-23)20-37-14-11-32-12-15-37/h1-10,13,16-19,32H,11-12,14-15,20H2,(H2,35,36,39). The average molecular weight is 538 g/mol. The summed E-state index contributed by atoms with van der Waals surface area (Å²) in [4.78, 5) is 24.1. The molecule has 1 aliphatic rings. The number of anilines is 2. The second-order valence-electron chi connectivity index (χ2n) is 9.52. The van der Waals surface area contributed by atoms with Crippen LogP contribution in [-0.4, -0.2) is 51.5 Å². The molecule has 1 saturated heterocycles. The van der Waals surface area contributed by atoms with E-state index >= 15 is 0 Å². The normalized spacial score (nSPS) is 13.9. The smallest absolute Gasteiger partial charge is 0.314 e. The minimum Gasteiger partial charge on any atom is -0.314 e. The van der Waals surface area contributed by atoms with Crippen LogP contribution in [0, 0.1) is 0 Å². The van der Waals surface area contributed by atoms with Crippen molar-refractivity contribution in [1.82, 2.24) is 24.6 Å². The molecule has 0 bridgehead atoms. The summed E-state index contributed by atoms with van der Waals surface area (Å²) in [5.41, 5.74) is 7.36. The lowest BCUT2D eigenvalue weighted by Crippen LogP contribution is -2.43. The molecule has 0 radical (unpaired) electrons. The number of carbonyl (C=O) groups is 1. The number of benzene rings is 2. The van der Waals surface area contributed by atoms with Crippen LogP contribution in [0.15, 0.2) is 91.4 Å². The number of rotatable bonds is 6. The molecule has 2 aromatic carbocycles. The second-order valence-corrected chi connectivity index (χ2v) is 9.95. The monoisotopic (exact) mass is 537 g/mol. The maximum Gasteiger partial charge on any atom is 0.323 e. The van der Waals surface area contributed by atoms with Gasteiger partial charge in [0.2, 0.25) is 0 Å². The topological polar surface area (TPSA) is 86.6 Å². The molecule has 5 aromatic rings. The van der Waals surface area contributed by atoms with E-state index in [1.165, 1.54) is 0 Å². The number of aromatic nitrogens is 3. The largest absolute Gasteiger partial charge is 0.323 e. The second kappa shape index (κ2) is 11.2.